The van der Waals surface area contributed by atoms with Gasteiger partial charge in [0.2, 0.25) is 0 Å². The molecular weight excluding hydrogens is 348 g/mol. The maximum absolute atomic E-state index is 5.43. The van der Waals surface area contributed by atoms with Crippen molar-refractivity contribution < 1.29 is 21.8 Å². The second-order valence-electron chi connectivity index (χ2n) is 3.17. The van der Waals surface area contributed by atoms with Gasteiger partial charge in [0.05, 0.1) is 6.21 Å². The maximum Gasteiger partial charge on any atom is 2.00 e. The molecule has 0 aromatic carbocycles. The third-order valence-electron chi connectivity index (χ3n) is 1.88. The number of hydrogen-bond donors (Lipinski definition) is 2. The molecule has 0 amide bonds. The van der Waals surface area contributed by atoms with Crippen LogP contribution in [0.1, 0.15) is 13.8 Å². The van der Waals surface area contributed by atoms with Gasteiger partial charge < -0.3 is 30.0 Å². The number of amidine groups is 2. The van der Waals surface area contributed by atoms with Crippen LogP contribution in [-0.4, -0.2) is 49.1 Å². The predicted molar refractivity (Wildman–Crippen MR) is 84.7 cm³/mol. The van der Waals surface area contributed by atoms with Crippen molar-refractivity contribution in [1.82, 2.24) is 10.9 Å². The summed E-state index contributed by atoms with van der Waals surface area (Å²) >= 11 is 9.71. The standard InChI is InChI=1S/C10H20N6OS2.Cu/c1-5-17-7(2)8(14-16-10(19)12-4)6-13-15-9(18)11-3;/h6-7H,5H2,1-4H3,(H2,11,15,18)(H2,12,16,19);/q;+2/p-2/b13-6+,14-8?;. The zero-order valence-corrected chi connectivity index (χ0v) is 14.3. The van der Waals surface area contributed by atoms with E-state index < -0.39 is 0 Å². The van der Waals surface area contributed by atoms with Crippen LogP contribution in [0.4, 0.5) is 0 Å². The number of nitrogens with zero attached hydrogens (tertiary/aromatic N) is 4. The summed E-state index contributed by atoms with van der Waals surface area (Å²) in [6, 6.07) is 0. The summed E-state index contributed by atoms with van der Waals surface area (Å²) in [6.07, 6.45) is 1.25. The van der Waals surface area contributed by atoms with Gasteiger partial charge >= 0.3 is 17.1 Å². The number of hydrazone groups is 2. The van der Waals surface area contributed by atoms with Gasteiger partial charge in [0.25, 0.3) is 0 Å². The van der Waals surface area contributed by atoms with Gasteiger partial charge in [0, 0.05) is 20.7 Å². The zero-order chi connectivity index (χ0) is 14.7. The molecule has 0 saturated heterocycles. The first-order valence-corrected chi connectivity index (χ1v) is 6.38. The Bertz CT molecular complexity index is 386. The number of nitrogens with one attached hydrogen (secondary N) is 2. The van der Waals surface area contributed by atoms with Crippen molar-refractivity contribution in [2.24, 2.45) is 20.2 Å². The fourth-order valence-corrected chi connectivity index (χ4v) is 1.02. The minimum Gasteiger partial charge on any atom is -0.741 e. The monoisotopic (exact) mass is 365 g/mol. The van der Waals surface area contributed by atoms with E-state index in [1.54, 1.807) is 14.1 Å². The van der Waals surface area contributed by atoms with Crippen molar-refractivity contribution in [2.45, 2.75) is 20.0 Å². The van der Waals surface area contributed by atoms with E-state index in [9.17, 15) is 0 Å². The van der Waals surface area contributed by atoms with Crippen molar-refractivity contribution in [3.8, 4) is 0 Å². The van der Waals surface area contributed by atoms with Gasteiger partial charge in [-0.25, -0.2) is 0 Å². The van der Waals surface area contributed by atoms with Crippen LogP contribution in [-0.2, 0) is 47.1 Å². The predicted octanol–water partition coefficient (Wildman–Crippen LogP) is -0.00470. The molecule has 0 aliphatic carbocycles. The molecule has 0 bridgehead atoms. The van der Waals surface area contributed by atoms with Crippen LogP contribution < -0.4 is 10.9 Å². The Morgan fingerprint density at radius 2 is 1.75 bits per heavy atom. The number of rotatable bonds is 6. The third kappa shape index (κ3) is 10.0. The van der Waals surface area contributed by atoms with E-state index in [0.29, 0.717) is 12.3 Å². The Kier molecular flexibility index (Phi) is 14.2. The van der Waals surface area contributed by atoms with Crippen LogP contribution in [0.2, 0.25) is 0 Å². The van der Waals surface area contributed by atoms with Gasteiger partial charge in [-0.15, -0.1) is 0 Å². The first kappa shape index (κ1) is 21.5. The molecule has 0 aromatic heterocycles. The summed E-state index contributed by atoms with van der Waals surface area (Å²) in [5, 5.41) is 8.56. The van der Waals surface area contributed by atoms with Crippen LogP contribution in [0.5, 0.6) is 0 Å². The Hall–Kier alpha value is -0.801. The van der Waals surface area contributed by atoms with E-state index in [4.69, 9.17) is 30.0 Å². The molecule has 0 heterocycles. The van der Waals surface area contributed by atoms with E-state index in [1.807, 2.05) is 13.8 Å². The molecule has 0 aliphatic heterocycles. The third-order valence-corrected chi connectivity index (χ3v) is 2.42. The maximum atomic E-state index is 5.43. The summed E-state index contributed by atoms with van der Waals surface area (Å²) in [6.45, 7) is 4.31. The van der Waals surface area contributed by atoms with Crippen molar-refractivity contribution in [1.29, 1.82) is 0 Å². The normalized spacial score (nSPS) is 14.9. The second kappa shape index (κ2) is 13.2. The van der Waals surface area contributed by atoms with Crippen LogP contribution >= 0.6 is 0 Å². The van der Waals surface area contributed by atoms with Crippen molar-refractivity contribution >= 4 is 47.5 Å². The summed E-state index contributed by atoms with van der Waals surface area (Å²) in [4.78, 5) is 7.50. The Morgan fingerprint density at radius 3 is 2.25 bits per heavy atom. The molecule has 117 valence electrons. The van der Waals surface area contributed by atoms with E-state index in [-0.39, 0.29) is 33.5 Å². The van der Waals surface area contributed by atoms with Crippen LogP contribution in [0.3, 0.4) is 0 Å². The Labute approximate surface area is 141 Å². The molecule has 7 nitrogen and oxygen atoms in total. The average Bonchev–Trinajstić information content (AvgIpc) is 2.41. The van der Waals surface area contributed by atoms with E-state index in [2.05, 4.69) is 31.0 Å². The first-order valence-electron chi connectivity index (χ1n) is 5.57. The molecule has 0 fully saturated rings. The van der Waals surface area contributed by atoms with Crippen LogP contribution in [0.15, 0.2) is 20.2 Å². The minimum atomic E-state index is -0.241. The molecule has 2 N–H and O–H groups in total. The quantitative estimate of drug-likeness (QED) is 0.227. The second-order valence-corrected chi connectivity index (χ2v) is 3.95. The largest absolute Gasteiger partial charge is 2.00 e. The summed E-state index contributed by atoms with van der Waals surface area (Å²) < 4.78 is 5.43. The van der Waals surface area contributed by atoms with Crippen LogP contribution in [0, 0.1) is 0 Å². The van der Waals surface area contributed by atoms with Crippen molar-refractivity contribution in [3.63, 3.8) is 0 Å². The Balaban J connectivity index is 0. The van der Waals surface area contributed by atoms with Gasteiger partial charge in [-0.05, 0) is 24.2 Å². The molecule has 0 saturated carbocycles. The summed E-state index contributed by atoms with van der Waals surface area (Å²) in [5.74, 6) is 0. The number of ether oxygens (including phenoxy) is 1. The minimum absolute atomic E-state index is 0. The molecule has 0 spiro atoms. The van der Waals surface area contributed by atoms with E-state index in [1.165, 1.54) is 6.21 Å². The summed E-state index contributed by atoms with van der Waals surface area (Å²) in [7, 11) is 3.15. The van der Waals surface area contributed by atoms with E-state index >= 15 is 0 Å². The molecule has 1 atom stereocenters. The van der Waals surface area contributed by atoms with Gasteiger partial charge in [-0.2, -0.15) is 10.2 Å². The fraction of sp³-hybridized carbons (Fsp3) is 0.600. The molecule has 20 heavy (non-hydrogen) atoms. The smallest absolute Gasteiger partial charge is 0.741 e. The van der Waals surface area contributed by atoms with Crippen molar-refractivity contribution in [3.05, 3.63) is 0 Å². The van der Waals surface area contributed by atoms with Gasteiger partial charge in [0.15, 0.2) is 0 Å². The molecule has 1 unspecified atom stereocenters. The first-order chi connectivity index (χ1) is 9.04. The van der Waals surface area contributed by atoms with Gasteiger partial charge in [-0.1, -0.05) is 0 Å². The summed E-state index contributed by atoms with van der Waals surface area (Å²) in [5.41, 5.74) is 5.75. The topological polar surface area (TPSA) is 82.7 Å². The molecule has 0 rings (SSSR count). The van der Waals surface area contributed by atoms with Gasteiger partial charge in [0.1, 0.15) is 11.8 Å². The Morgan fingerprint density at radius 1 is 1.20 bits per heavy atom. The zero-order valence-electron chi connectivity index (χ0n) is 11.7. The SMILES string of the molecule is CCOC(C)C(/C=N/NC([S-])=NC)=NNC([S-])=NC.[Cu+2]. The number of hydrogen-bond acceptors (Lipinski definition) is 7. The number of aliphatic imine (C=N–C) groups is 2. The molecule has 0 aromatic rings. The van der Waals surface area contributed by atoms with E-state index in [0.717, 1.165) is 0 Å². The van der Waals surface area contributed by atoms with Gasteiger partial charge in [-0.3, -0.25) is 20.8 Å². The molecule has 10 heteroatoms. The van der Waals surface area contributed by atoms with Crippen molar-refractivity contribution in [2.75, 3.05) is 20.7 Å². The molecule has 1 radical (unpaired) electrons. The average molecular weight is 366 g/mol. The van der Waals surface area contributed by atoms with Crippen LogP contribution in [0.25, 0.3) is 0 Å². The molecule has 0 aliphatic rings. The molecular formula is C10H18CuN6OS2. The fourth-order valence-electron chi connectivity index (χ4n) is 0.926.